The fraction of sp³-hybridized carbons (Fsp3) is 0.0909. The van der Waals surface area contributed by atoms with E-state index in [0.29, 0.717) is 0 Å². The molecular formula is C11H9S2. The van der Waals surface area contributed by atoms with Gasteiger partial charge in [0.25, 0.3) is 0 Å². The van der Waals surface area contributed by atoms with Gasteiger partial charge in [0.05, 0.1) is 4.21 Å². The van der Waals surface area contributed by atoms with E-state index in [1.165, 1.54) is 14.7 Å². The molecule has 0 spiro atoms. The van der Waals surface area contributed by atoms with Crippen molar-refractivity contribution in [1.82, 2.24) is 0 Å². The second-order valence-corrected chi connectivity index (χ2v) is 5.07. The zero-order valence-corrected chi connectivity index (χ0v) is 8.91. The smallest absolute Gasteiger partial charge is 0.0648 e. The van der Waals surface area contributed by atoms with Crippen LogP contribution in [0.4, 0.5) is 0 Å². The Morgan fingerprint density at radius 3 is 2.69 bits per heavy atom. The van der Waals surface area contributed by atoms with E-state index >= 15 is 0 Å². The van der Waals surface area contributed by atoms with Gasteiger partial charge in [-0.15, -0.1) is 11.3 Å². The highest BCUT2D eigenvalue weighted by molar-refractivity contribution is 8.01. The Morgan fingerprint density at radius 2 is 2.08 bits per heavy atom. The first-order chi connectivity index (χ1) is 6.34. The first-order valence-electron chi connectivity index (χ1n) is 4.04. The lowest BCUT2D eigenvalue weighted by Gasteiger charge is -1.95. The Balaban J connectivity index is 2.15. The summed E-state index contributed by atoms with van der Waals surface area (Å²) in [6.07, 6.45) is 0. The molecule has 0 saturated carbocycles. The van der Waals surface area contributed by atoms with E-state index in [-0.39, 0.29) is 0 Å². The topological polar surface area (TPSA) is 0 Å². The van der Waals surface area contributed by atoms with Crippen LogP contribution in [0.1, 0.15) is 5.56 Å². The van der Waals surface area contributed by atoms with Crippen LogP contribution in [-0.4, -0.2) is 0 Å². The van der Waals surface area contributed by atoms with Crippen LogP contribution < -0.4 is 0 Å². The Morgan fingerprint density at radius 1 is 1.31 bits per heavy atom. The van der Waals surface area contributed by atoms with Crippen molar-refractivity contribution >= 4 is 23.1 Å². The maximum absolute atomic E-state index is 3.01. The van der Waals surface area contributed by atoms with Crippen molar-refractivity contribution in [2.24, 2.45) is 0 Å². The van der Waals surface area contributed by atoms with E-state index in [4.69, 9.17) is 0 Å². The minimum absolute atomic E-state index is 1.28. The second-order valence-electron chi connectivity index (χ2n) is 2.78. The van der Waals surface area contributed by atoms with Gasteiger partial charge in [-0.25, -0.2) is 0 Å². The van der Waals surface area contributed by atoms with E-state index in [2.05, 4.69) is 36.6 Å². The van der Waals surface area contributed by atoms with Crippen LogP contribution in [0.25, 0.3) is 0 Å². The Bertz CT molecular complexity index is 376. The fourth-order valence-electron chi connectivity index (χ4n) is 1.01. The molecule has 2 heteroatoms. The summed E-state index contributed by atoms with van der Waals surface area (Å²) in [6, 6.07) is 13.3. The minimum Gasteiger partial charge on any atom is -0.137 e. The van der Waals surface area contributed by atoms with Crippen LogP contribution in [0.3, 0.4) is 0 Å². The van der Waals surface area contributed by atoms with Crippen LogP contribution in [0.15, 0.2) is 44.8 Å². The summed E-state index contributed by atoms with van der Waals surface area (Å²) in [7, 11) is 0. The first kappa shape index (κ1) is 8.85. The van der Waals surface area contributed by atoms with Crippen molar-refractivity contribution in [2.45, 2.75) is 16.0 Å². The highest BCUT2D eigenvalue weighted by Crippen LogP contribution is 2.32. The van der Waals surface area contributed by atoms with Gasteiger partial charge in [0.15, 0.2) is 0 Å². The SMILES string of the molecule is Cc1csc(Sc2cc[c]cc2)c1. The Hall–Kier alpha value is -0.730. The average molecular weight is 205 g/mol. The van der Waals surface area contributed by atoms with Gasteiger partial charge in [-0.2, -0.15) is 0 Å². The number of hydrogen-bond acceptors (Lipinski definition) is 2. The van der Waals surface area contributed by atoms with Gasteiger partial charge >= 0.3 is 0 Å². The standard InChI is InChI=1S/C11H9S2/c1-9-7-11(12-8-9)13-10-5-3-2-4-6-10/h3-8H,1H3. The number of hydrogen-bond donors (Lipinski definition) is 0. The molecule has 0 aliphatic carbocycles. The fourth-order valence-corrected chi connectivity index (χ4v) is 3.01. The van der Waals surface area contributed by atoms with Crippen molar-refractivity contribution in [3.05, 3.63) is 47.3 Å². The molecular weight excluding hydrogens is 196 g/mol. The van der Waals surface area contributed by atoms with Gasteiger partial charge in [0, 0.05) is 4.90 Å². The molecule has 0 amide bonds. The zero-order chi connectivity index (χ0) is 9.10. The molecule has 13 heavy (non-hydrogen) atoms. The van der Waals surface area contributed by atoms with Gasteiger partial charge in [-0.3, -0.25) is 0 Å². The van der Waals surface area contributed by atoms with Crippen LogP contribution in [0, 0.1) is 13.0 Å². The van der Waals surface area contributed by atoms with Crippen molar-refractivity contribution in [3.8, 4) is 0 Å². The molecule has 1 heterocycles. The molecule has 1 aromatic heterocycles. The summed E-state index contributed by atoms with van der Waals surface area (Å²) in [4.78, 5) is 1.28. The Kier molecular flexibility index (Phi) is 2.71. The van der Waals surface area contributed by atoms with E-state index < -0.39 is 0 Å². The molecule has 0 nitrogen and oxygen atoms in total. The summed E-state index contributed by atoms with van der Waals surface area (Å²) in [5, 5.41) is 2.18. The van der Waals surface area contributed by atoms with Crippen LogP contribution >= 0.6 is 23.1 Å². The van der Waals surface area contributed by atoms with Crippen molar-refractivity contribution in [1.29, 1.82) is 0 Å². The van der Waals surface area contributed by atoms with Gasteiger partial charge in [0.2, 0.25) is 0 Å². The van der Waals surface area contributed by atoms with Crippen LogP contribution in [0.2, 0.25) is 0 Å². The van der Waals surface area contributed by atoms with Crippen molar-refractivity contribution < 1.29 is 0 Å². The summed E-state index contributed by atoms with van der Waals surface area (Å²) in [5.41, 5.74) is 1.34. The molecule has 0 aliphatic heterocycles. The van der Waals surface area contributed by atoms with Gasteiger partial charge in [0.1, 0.15) is 0 Å². The van der Waals surface area contributed by atoms with Crippen molar-refractivity contribution in [3.63, 3.8) is 0 Å². The molecule has 2 aromatic rings. The van der Waals surface area contributed by atoms with Gasteiger partial charge in [-0.1, -0.05) is 23.9 Å². The molecule has 0 fully saturated rings. The largest absolute Gasteiger partial charge is 0.137 e. The minimum atomic E-state index is 1.28. The number of rotatable bonds is 2. The predicted octanol–water partition coefficient (Wildman–Crippen LogP) is 4.01. The maximum atomic E-state index is 3.01. The summed E-state index contributed by atoms with van der Waals surface area (Å²) < 4.78 is 1.35. The summed E-state index contributed by atoms with van der Waals surface area (Å²) >= 11 is 3.60. The third kappa shape index (κ3) is 2.36. The molecule has 0 N–H and O–H groups in total. The van der Waals surface area contributed by atoms with Crippen LogP contribution in [-0.2, 0) is 0 Å². The number of aryl methyl sites for hydroxylation is 1. The average Bonchev–Trinajstić information content (AvgIpc) is 2.53. The quantitative estimate of drug-likeness (QED) is 0.714. The van der Waals surface area contributed by atoms with E-state index in [1.54, 1.807) is 23.1 Å². The third-order valence-corrected chi connectivity index (χ3v) is 3.82. The molecule has 0 atom stereocenters. The first-order valence-corrected chi connectivity index (χ1v) is 5.73. The zero-order valence-electron chi connectivity index (χ0n) is 7.28. The number of benzene rings is 1. The van der Waals surface area contributed by atoms with E-state index in [9.17, 15) is 0 Å². The lowest BCUT2D eigenvalue weighted by Crippen LogP contribution is -1.66. The maximum Gasteiger partial charge on any atom is 0.0648 e. The summed E-state index contributed by atoms with van der Waals surface area (Å²) in [6.45, 7) is 2.12. The molecule has 0 bridgehead atoms. The molecule has 0 saturated heterocycles. The van der Waals surface area contributed by atoms with Gasteiger partial charge in [-0.05, 0) is 42.1 Å². The normalized spacial score (nSPS) is 10.2. The number of thiophene rings is 1. The predicted molar refractivity (Wildman–Crippen MR) is 58.5 cm³/mol. The third-order valence-electron chi connectivity index (χ3n) is 1.61. The summed E-state index contributed by atoms with van der Waals surface area (Å²) in [5.74, 6) is 0. The second kappa shape index (κ2) is 3.99. The Labute approximate surface area is 86.6 Å². The molecule has 0 unspecified atom stereocenters. The molecule has 0 aliphatic rings. The van der Waals surface area contributed by atoms with E-state index in [1.807, 2.05) is 12.1 Å². The molecule has 2 rings (SSSR count). The molecule has 65 valence electrons. The molecule has 1 aromatic carbocycles. The monoisotopic (exact) mass is 205 g/mol. The van der Waals surface area contributed by atoms with Crippen LogP contribution in [0.5, 0.6) is 0 Å². The van der Waals surface area contributed by atoms with E-state index in [0.717, 1.165) is 0 Å². The lowest BCUT2D eigenvalue weighted by atomic mass is 10.4. The highest BCUT2D eigenvalue weighted by atomic mass is 32.2. The highest BCUT2D eigenvalue weighted by Gasteiger charge is 1.98. The lowest BCUT2D eigenvalue weighted by molar-refractivity contribution is 1.44. The molecule has 1 radical (unpaired) electrons. The van der Waals surface area contributed by atoms with Gasteiger partial charge < -0.3 is 0 Å². The van der Waals surface area contributed by atoms with Crippen molar-refractivity contribution in [2.75, 3.05) is 0 Å².